The van der Waals surface area contributed by atoms with Gasteiger partial charge in [0.05, 0.1) is 39.5 Å². The number of nitrogens with one attached hydrogen (secondary N) is 2. The first-order valence-electron chi connectivity index (χ1n) is 12.0. The van der Waals surface area contributed by atoms with Gasteiger partial charge in [-0.1, -0.05) is 0 Å². The first-order valence-corrected chi connectivity index (χ1v) is 12.0. The van der Waals surface area contributed by atoms with Crippen molar-refractivity contribution in [1.82, 2.24) is 10.6 Å². The Morgan fingerprint density at radius 2 is 0.921 bits per heavy atom. The Hall–Kier alpha value is -3.26. The molecule has 0 fully saturated rings. The fourth-order valence-electron chi connectivity index (χ4n) is 2.71. The molecule has 0 radical (unpaired) electrons. The van der Waals surface area contributed by atoms with E-state index in [0.717, 1.165) is 0 Å². The van der Waals surface area contributed by atoms with Crippen LogP contribution in [0.25, 0.3) is 0 Å². The number of ether oxygens (including phenoxy) is 6. The Kier molecular flexibility index (Phi) is 17.3. The Labute approximate surface area is 222 Å². The van der Waals surface area contributed by atoms with Gasteiger partial charge < -0.3 is 39.1 Å². The first kappa shape index (κ1) is 34.7. The minimum atomic E-state index is -1.11. The van der Waals surface area contributed by atoms with Crippen LogP contribution in [0.5, 0.6) is 0 Å². The molecule has 0 aliphatic carbocycles. The molecule has 0 amide bonds. The van der Waals surface area contributed by atoms with E-state index in [1.807, 2.05) is 0 Å². The van der Waals surface area contributed by atoms with E-state index >= 15 is 0 Å². The number of carbonyl (C=O) groups is 6. The lowest BCUT2D eigenvalue weighted by Gasteiger charge is -2.25. The molecule has 218 valence electrons. The standard InChI is InChI=1S/C24H40N2O12/c1-16(27)33-11-20(12-34-17(2)28)7-25-9-22(31)37-15-24(5,6)38-23(32)10-26-8-21(13-35-18(3)29)14-36-19(4)30/h20-21,25-26H,7-15H2,1-6H3. The zero-order valence-corrected chi connectivity index (χ0v) is 22.9. The summed E-state index contributed by atoms with van der Waals surface area (Å²) >= 11 is 0. The summed E-state index contributed by atoms with van der Waals surface area (Å²) in [6, 6.07) is 0. The Balaban J connectivity index is 4.41. The highest BCUT2D eigenvalue weighted by atomic mass is 16.6. The lowest BCUT2D eigenvalue weighted by atomic mass is 10.1. The summed E-state index contributed by atoms with van der Waals surface area (Å²) in [6.07, 6.45) is 0. The summed E-state index contributed by atoms with van der Waals surface area (Å²) in [7, 11) is 0. The van der Waals surface area contributed by atoms with E-state index in [9.17, 15) is 28.8 Å². The molecular weight excluding hydrogens is 508 g/mol. The molecule has 38 heavy (non-hydrogen) atoms. The van der Waals surface area contributed by atoms with Crippen molar-refractivity contribution < 1.29 is 57.2 Å². The van der Waals surface area contributed by atoms with Crippen LogP contribution in [0.3, 0.4) is 0 Å². The van der Waals surface area contributed by atoms with E-state index in [1.54, 1.807) is 13.8 Å². The van der Waals surface area contributed by atoms with Crippen molar-refractivity contribution in [3.8, 4) is 0 Å². The van der Waals surface area contributed by atoms with Gasteiger partial charge >= 0.3 is 35.8 Å². The van der Waals surface area contributed by atoms with E-state index in [1.165, 1.54) is 27.7 Å². The second-order valence-electron chi connectivity index (χ2n) is 9.10. The van der Waals surface area contributed by atoms with Crippen molar-refractivity contribution >= 4 is 35.8 Å². The van der Waals surface area contributed by atoms with E-state index < -0.39 is 41.4 Å². The van der Waals surface area contributed by atoms with Crippen LogP contribution in [0.2, 0.25) is 0 Å². The van der Waals surface area contributed by atoms with Gasteiger partial charge in [0.1, 0.15) is 12.2 Å². The quantitative estimate of drug-likeness (QED) is 0.156. The van der Waals surface area contributed by atoms with Crippen molar-refractivity contribution in [1.29, 1.82) is 0 Å². The highest BCUT2D eigenvalue weighted by molar-refractivity contribution is 5.73. The van der Waals surface area contributed by atoms with Crippen molar-refractivity contribution in [3.05, 3.63) is 0 Å². The molecular formula is C24H40N2O12. The molecule has 0 aliphatic heterocycles. The monoisotopic (exact) mass is 548 g/mol. The van der Waals surface area contributed by atoms with Crippen LogP contribution in [0.4, 0.5) is 0 Å². The number of hydrogen-bond acceptors (Lipinski definition) is 14. The van der Waals surface area contributed by atoms with Gasteiger partial charge in [0, 0.05) is 52.6 Å². The lowest BCUT2D eigenvalue weighted by molar-refractivity contribution is -0.167. The van der Waals surface area contributed by atoms with Gasteiger partial charge in [0.2, 0.25) is 0 Å². The van der Waals surface area contributed by atoms with Gasteiger partial charge in [-0.25, -0.2) is 0 Å². The van der Waals surface area contributed by atoms with Gasteiger partial charge in [0.25, 0.3) is 0 Å². The van der Waals surface area contributed by atoms with E-state index in [4.69, 9.17) is 28.4 Å². The summed E-state index contributed by atoms with van der Waals surface area (Å²) in [5.74, 6) is -3.85. The molecule has 14 heteroatoms. The minimum Gasteiger partial charge on any atom is -0.465 e. The molecule has 0 saturated heterocycles. The summed E-state index contributed by atoms with van der Waals surface area (Å²) < 4.78 is 30.2. The molecule has 0 saturated carbocycles. The third-order valence-corrected chi connectivity index (χ3v) is 4.46. The second-order valence-corrected chi connectivity index (χ2v) is 9.10. The van der Waals surface area contributed by atoms with Crippen LogP contribution >= 0.6 is 0 Å². The zero-order chi connectivity index (χ0) is 29.1. The van der Waals surface area contributed by atoms with Crippen LogP contribution in [-0.2, 0) is 57.2 Å². The van der Waals surface area contributed by atoms with Crippen LogP contribution in [0, 0.1) is 11.8 Å². The van der Waals surface area contributed by atoms with Crippen molar-refractivity contribution in [3.63, 3.8) is 0 Å². The van der Waals surface area contributed by atoms with Crippen LogP contribution < -0.4 is 10.6 Å². The molecule has 0 spiro atoms. The van der Waals surface area contributed by atoms with Crippen molar-refractivity contribution in [2.75, 3.05) is 59.2 Å². The molecule has 0 aromatic rings. The van der Waals surface area contributed by atoms with Gasteiger partial charge in [-0.15, -0.1) is 0 Å². The second kappa shape index (κ2) is 18.9. The van der Waals surface area contributed by atoms with E-state index in [0.29, 0.717) is 0 Å². The fourth-order valence-corrected chi connectivity index (χ4v) is 2.71. The van der Waals surface area contributed by atoms with Gasteiger partial charge in [-0.05, 0) is 13.8 Å². The molecule has 0 atom stereocenters. The predicted octanol–water partition coefficient (Wildman–Crippen LogP) is -0.485. The highest BCUT2D eigenvalue weighted by Crippen LogP contribution is 2.10. The number of hydrogen-bond donors (Lipinski definition) is 2. The van der Waals surface area contributed by atoms with Gasteiger partial charge in [0.15, 0.2) is 0 Å². The number of rotatable bonds is 19. The molecule has 2 N–H and O–H groups in total. The van der Waals surface area contributed by atoms with Crippen molar-refractivity contribution in [2.24, 2.45) is 11.8 Å². The molecule has 0 heterocycles. The average molecular weight is 549 g/mol. The maximum absolute atomic E-state index is 12.2. The summed E-state index contributed by atoms with van der Waals surface area (Å²) in [6.45, 7) is 8.09. The summed E-state index contributed by atoms with van der Waals surface area (Å²) in [4.78, 5) is 68.4. The Bertz CT molecular complexity index is 763. The van der Waals surface area contributed by atoms with Crippen LogP contribution in [0.1, 0.15) is 41.5 Å². The number of esters is 6. The van der Waals surface area contributed by atoms with Crippen LogP contribution in [-0.4, -0.2) is 101 Å². The molecule has 0 aromatic heterocycles. The predicted molar refractivity (Wildman–Crippen MR) is 130 cm³/mol. The first-order chi connectivity index (χ1) is 17.7. The molecule has 0 aliphatic rings. The largest absolute Gasteiger partial charge is 0.465 e. The van der Waals surface area contributed by atoms with E-state index in [2.05, 4.69) is 10.6 Å². The normalized spacial score (nSPS) is 11.1. The van der Waals surface area contributed by atoms with E-state index in [-0.39, 0.29) is 71.0 Å². The van der Waals surface area contributed by atoms with Crippen LogP contribution in [0.15, 0.2) is 0 Å². The lowest BCUT2D eigenvalue weighted by Crippen LogP contribution is -2.40. The average Bonchev–Trinajstić information content (AvgIpc) is 2.79. The third kappa shape index (κ3) is 20.9. The zero-order valence-electron chi connectivity index (χ0n) is 22.9. The summed E-state index contributed by atoms with van der Waals surface area (Å²) in [5, 5.41) is 5.70. The van der Waals surface area contributed by atoms with Gasteiger partial charge in [-0.2, -0.15) is 0 Å². The minimum absolute atomic E-state index is 0.00833. The summed E-state index contributed by atoms with van der Waals surface area (Å²) in [5.41, 5.74) is -1.11. The highest BCUT2D eigenvalue weighted by Gasteiger charge is 2.25. The smallest absolute Gasteiger partial charge is 0.320 e. The SMILES string of the molecule is CC(=O)OCC(CNCC(=O)OCC(C)(C)OC(=O)CNCC(COC(C)=O)COC(C)=O)COC(C)=O. The topological polar surface area (TPSA) is 182 Å². The Morgan fingerprint density at radius 3 is 1.26 bits per heavy atom. The maximum atomic E-state index is 12.2. The molecule has 0 rings (SSSR count). The Morgan fingerprint density at radius 1 is 0.579 bits per heavy atom. The fraction of sp³-hybridized carbons (Fsp3) is 0.750. The molecule has 0 bridgehead atoms. The number of carbonyl (C=O) groups excluding carboxylic acids is 6. The molecule has 14 nitrogen and oxygen atoms in total. The maximum Gasteiger partial charge on any atom is 0.320 e. The molecule has 0 aromatic carbocycles. The molecule has 0 unspecified atom stereocenters. The van der Waals surface area contributed by atoms with Gasteiger partial charge in [-0.3, -0.25) is 28.8 Å². The third-order valence-electron chi connectivity index (χ3n) is 4.46. The van der Waals surface area contributed by atoms with Crippen molar-refractivity contribution in [2.45, 2.75) is 47.1 Å².